The lowest BCUT2D eigenvalue weighted by Gasteiger charge is -2.14. The molecule has 0 aliphatic heterocycles. The summed E-state index contributed by atoms with van der Waals surface area (Å²) in [6, 6.07) is 14.1. The maximum atomic E-state index is 11.1. The van der Waals surface area contributed by atoms with E-state index in [1.807, 2.05) is 24.3 Å². The van der Waals surface area contributed by atoms with Gasteiger partial charge in [-0.25, -0.2) is 14.3 Å². The number of nitrogens with one attached hydrogen (secondary N) is 1. The maximum Gasteiger partial charge on any atom is 0.335 e. The Hall–Kier alpha value is -4.27. The third-order valence-electron chi connectivity index (χ3n) is 4.99. The predicted molar refractivity (Wildman–Crippen MR) is 119 cm³/mol. The number of aromatic nitrogens is 3. The summed E-state index contributed by atoms with van der Waals surface area (Å²) in [4.78, 5) is 15.5. The van der Waals surface area contributed by atoms with Crippen molar-refractivity contribution in [3.8, 4) is 28.5 Å². The second kappa shape index (κ2) is 8.84. The van der Waals surface area contributed by atoms with E-state index in [1.54, 1.807) is 56.3 Å². The van der Waals surface area contributed by atoms with Gasteiger partial charge in [-0.15, -0.1) is 5.10 Å². The third kappa shape index (κ3) is 4.00. The van der Waals surface area contributed by atoms with Crippen LogP contribution in [0.1, 0.15) is 15.9 Å². The number of hydrogen-bond donors (Lipinski definition) is 2. The Balaban J connectivity index is 1.60. The van der Waals surface area contributed by atoms with Crippen LogP contribution < -0.4 is 19.5 Å². The molecule has 32 heavy (non-hydrogen) atoms. The van der Waals surface area contributed by atoms with E-state index in [0.717, 1.165) is 16.8 Å². The van der Waals surface area contributed by atoms with Crippen LogP contribution in [0.3, 0.4) is 0 Å². The molecule has 9 heteroatoms. The van der Waals surface area contributed by atoms with Gasteiger partial charge in [0.2, 0.25) is 5.75 Å². The molecular formula is C23H22N4O5. The van der Waals surface area contributed by atoms with Crippen molar-refractivity contribution in [2.45, 2.75) is 6.54 Å². The Morgan fingerprint density at radius 3 is 2.28 bits per heavy atom. The van der Waals surface area contributed by atoms with Gasteiger partial charge in [0.05, 0.1) is 38.8 Å². The molecule has 9 nitrogen and oxygen atoms in total. The second-order valence-electron chi connectivity index (χ2n) is 6.90. The zero-order valence-electron chi connectivity index (χ0n) is 17.8. The smallest absolute Gasteiger partial charge is 0.335 e. The van der Waals surface area contributed by atoms with Gasteiger partial charge in [0.1, 0.15) is 5.82 Å². The molecule has 0 atom stereocenters. The molecule has 0 spiro atoms. The molecule has 0 saturated heterocycles. The quantitative estimate of drug-likeness (QED) is 0.432. The van der Waals surface area contributed by atoms with Crippen LogP contribution in [-0.4, -0.2) is 47.0 Å². The number of rotatable bonds is 8. The number of hydrogen-bond acceptors (Lipinski definition) is 7. The van der Waals surface area contributed by atoms with E-state index in [-0.39, 0.29) is 5.56 Å². The first-order chi connectivity index (χ1) is 15.5. The summed E-state index contributed by atoms with van der Waals surface area (Å²) >= 11 is 0. The highest BCUT2D eigenvalue weighted by Crippen LogP contribution is 2.38. The number of anilines is 1. The number of aromatic carboxylic acids is 1. The van der Waals surface area contributed by atoms with Gasteiger partial charge in [0, 0.05) is 12.1 Å². The fraction of sp³-hybridized carbons (Fsp3) is 0.174. The van der Waals surface area contributed by atoms with Crippen molar-refractivity contribution in [1.82, 2.24) is 14.6 Å². The molecule has 2 heterocycles. The summed E-state index contributed by atoms with van der Waals surface area (Å²) in [5.74, 6) is 1.37. The molecule has 0 aliphatic carbocycles. The van der Waals surface area contributed by atoms with Crippen molar-refractivity contribution in [2.24, 2.45) is 0 Å². The number of carboxylic acid groups (broad SMARTS) is 1. The van der Waals surface area contributed by atoms with Gasteiger partial charge in [-0.3, -0.25) is 0 Å². The number of carboxylic acids is 1. The summed E-state index contributed by atoms with van der Waals surface area (Å²) < 4.78 is 17.9. The molecule has 4 aromatic rings. The summed E-state index contributed by atoms with van der Waals surface area (Å²) in [7, 11) is 4.72. The predicted octanol–water partition coefficient (Wildman–Crippen LogP) is 3.73. The zero-order valence-corrected chi connectivity index (χ0v) is 17.8. The van der Waals surface area contributed by atoms with Crippen LogP contribution in [-0.2, 0) is 6.54 Å². The van der Waals surface area contributed by atoms with Crippen molar-refractivity contribution < 1.29 is 24.1 Å². The van der Waals surface area contributed by atoms with Gasteiger partial charge in [-0.1, -0.05) is 12.1 Å². The van der Waals surface area contributed by atoms with Crippen LogP contribution >= 0.6 is 0 Å². The first kappa shape index (κ1) is 21.0. The van der Waals surface area contributed by atoms with Crippen LogP contribution in [0.15, 0.2) is 54.7 Å². The van der Waals surface area contributed by atoms with E-state index in [2.05, 4.69) is 15.4 Å². The van der Waals surface area contributed by atoms with E-state index in [0.29, 0.717) is 35.3 Å². The molecule has 0 aliphatic rings. The minimum absolute atomic E-state index is 0.225. The largest absolute Gasteiger partial charge is 0.493 e. The molecule has 0 amide bonds. The summed E-state index contributed by atoms with van der Waals surface area (Å²) in [6.45, 7) is 0.479. The topological polar surface area (TPSA) is 107 Å². The van der Waals surface area contributed by atoms with Crippen molar-refractivity contribution in [3.63, 3.8) is 0 Å². The minimum Gasteiger partial charge on any atom is -0.493 e. The van der Waals surface area contributed by atoms with E-state index in [4.69, 9.17) is 19.3 Å². The number of fused-ring (bicyclic) bond motifs is 1. The molecule has 2 aromatic heterocycles. The van der Waals surface area contributed by atoms with Crippen LogP contribution in [0.2, 0.25) is 0 Å². The first-order valence-electron chi connectivity index (χ1n) is 9.75. The van der Waals surface area contributed by atoms with E-state index < -0.39 is 5.97 Å². The van der Waals surface area contributed by atoms with Crippen LogP contribution in [0.4, 0.5) is 5.82 Å². The average Bonchev–Trinajstić information content (AvgIpc) is 3.25. The first-order valence-corrected chi connectivity index (χ1v) is 9.75. The summed E-state index contributed by atoms with van der Waals surface area (Å²) in [5, 5.41) is 17.0. The molecule has 2 N–H and O–H groups in total. The number of ether oxygens (including phenoxy) is 3. The summed E-state index contributed by atoms with van der Waals surface area (Å²) in [5.41, 5.74) is 3.41. The van der Waals surface area contributed by atoms with Crippen LogP contribution in [0.25, 0.3) is 16.9 Å². The molecule has 0 fully saturated rings. The Bertz CT molecular complexity index is 1240. The Morgan fingerprint density at radius 2 is 1.69 bits per heavy atom. The monoisotopic (exact) mass is 434 g/mol. The standard InChI is InChI=1S/C23H22N4O5/c1-30-18-10-14(11-19(31-2)22(18)32-3)12-24-20-8-9-21-25-13-17(27(21)26-20)15-4-6-16(7-5-15)23(28)29/h4-11,13H,12H2,1-3H3,(H,24,26)(H,28,29). The SMILES string of the molecule is COc1cc(CNc2ccc3ncc(-c4ccc(C(=O)O)cc4)n3n2)cc(OC)c1OC. The normalized spacial score (nSPS) is 10.7. The fourth-order valence-corrected chi connectivity index (χ4v) is 3.38. The third-order valence-corrected chi connectivity index (χ3v) is 4.99. The molecule has 164 valence electrons. The zero-order chi connectivity index (χ0) is 22.7. The van der Waals surface area contributed by atoms with Crippen molar-refractivity contribution in [3.05, 3.63) is 65.9 Å². The number of nitrogens with zero attached hydrogens (tertiary/aromatic N) is 3. The number of imidazole rings is 1. The van der Waals surface area contributed by atoms with Crippen molar-refractivity contribution in [2.75, 3.05) is 26.6 Å². The van der Waals surface area contributed by atoms with Gasteiger partial charge < -0.3 is 24.6 Å². The Kier molecular flexibility index (Phi) is 5.80. The van der Waals surface area contributed by atoms with E-state index in [1.165, 1.54) is 0 Å². The molecule has 4 rings (SSSR count). The van der Waals surface area contributed by atoms with Crippen molar-refractivity contribution in [1.29, 1.82) is 0 Å². The van der Waals surface area contributed by atoms with Gasteiger partial charge in [-0.05, 0) is 42.0 Å². The van der Waals surface area contributed by atoms with Gasteiger partial charge >= 0.3 is 5.97 Å². The Labute approximate surface area is 184 Å². The lowest BCUT2D eigenvalue weighted by molar-refractivity contribution is 0.0697. The van der Waals surface area contributed by atoms with Crippen LogP contribution in [0, 0.1) is 0 Å². The highest BCUT2D eigenvalue weighted by atomic mass is 16.5. The Morgan fingerprint density at radius 1 is 1.00 bits per heavy atom. The highest BCUT2D eigenvalue weighted by molar-refractivity contribution is 5.88. The lowest BCUT2D eigenvalue weighted by atomic mass is 10.1. The molecular weight excluding hydrogens is 412 g/mol. The van der Waals surface area contributed by atoms with E-state index in [9.17, 15) is 4.79 Å². The maximum absolute atomic E-state index is 11.1. The van der Waals surface area contributed by atoms with E-state index >= 15 is 0 Å². The van der Waals surface area contributed by atoms with Gasteiger partial charge in [0.15, 0.2) is 17.1 Å². The second-order valence-corrected chi connectivity index (χ2v) is 6.90. The lowest BCUT2D eigenvalue weighted by Crippen LogP contribution is -2.06. The summed E-state index contributed by atoms with van der Waals surface area (Å²) in [6.07, 6.45) is 1.71. The number of methoxy groups -OCH3 is 3. The highest BCUT2D eigenvalue weighted by Gasteiger charge is 2.14. The number of carbonyl (C=O) groups is 1. The fourth-order valence-electron chi connectivity index (χ4n) is 3.38. The van der Waals surface area contributed by atoms with Gasteiger partial charge in [0.25, 0.3) is 0 Å². The molecule has 0 radical (unpaired) electrons. The number of benzene rings is 2. The van der Waals surface area contributed by atoms with Gasteiger partial charge in [-0.2, -0.15) is 0 Å². The van der Waals surface area contributed by atoms with Crippen LogP contribution in [0.5, 0.6) is 17.2 Å². The minimum atomic E-state index is -0.967. The molecule has 2 aromatic carbocycles. The van der Waals surface area contributed by atoms with Crippen molar-refractivity contribution >= 4 is 17.4 Å². The average molecular weight is 434 g/mol. The molecule has 0 bridgehead atoms. The molecule has 0 unspecified atom stereocenters. The molecule has 0 saturated carbocycles.